The van der Waals surface area contributed by atoms with Crippen LogP contribution in [0.3, 0.4) is 0 Å². The van der Waals surface area contributed by atoms with E-state index in [0.29, 0.717) is 18.9 Å². The first-order valence-corrected chi connectivity index (χ1v) is 6.65. The summed E-state index contributed by atoms with van der Waals surface area (Å²) in [4.78, 5) is 24.5. The van der Waals surface area contributed by atoms with E-state index in [-0.39, 0.29) is 17.5 Å². The molecule has 3 rings (SSSR count). The van der Waals surface area contributed by atoms with Gasteiger partial charge in [0.15, 0.2) is 11.6 Å². The summed E-state index contributed by atoms with van der Waals surface area (Å²) < 4.78 is 10.3. The minimum atomic E-state index is -0.607. The molecule has 0 bridgehead atoms. The van der Waals surface area contributed by atoms with Gasteiger partial charge in [-0.1, -0.05) is 0 Å². The number of aromatic nitrogens is 2. The molecular weight excluding hydrogens is 290 g/mol. The Balaban J connectivity index is 1.69. The molecule has 0 unspecified atom stereocenters. The van der Waals surface area contributed by atoms with Gasteiger partial charge in [0.05, 0.1) is 38.0 Å². The number of nitro groups is 1. The molecule has 1 aliphatic heterocycles. The van der Waals surface area contributed by atoms with Gasteiger partial charge in [0.25, 0.3) is 0 Å². The molecule has 0 spiro atoms. The maximum Gasteiger partial charge on any atom is 0.433 e. The van der Waals surface area contributed by atoms with E-state index in [2.05, 4.69) is 15.0 Å². The highest BCUT2D eigenvalue weighted by Gasteiger charge is 2.14. The van der Waals surface area contributed by atoms with Crippen LogP contribution in [0.15, 0.2) is 33.9 Å². The molecule has 9 heteroatoms. The lowest BCUT2D eigenvalue weighted by Gasteiger charge is -2.23. The zero-order chi connectivity index (χ0) is 15.4. The smallest absolute Gasteiger partial charge is 0.397 e. The monoisotopic (exact) mass is 303 g/mol. The van der Waals surface area contributed by atoms with E-state index in [1.807, 2.05) is 4.90 Å². The molecule has 0 atom stereocenters. The number of hydrogen-bond donors (Lipinski definition) is 0. The number of rotatable bonds is 4. The minimum Gasteiger partial charge on any atom is -0.397 e. The minimum absolute atomic E-state index is 0.246. The van der Waals surface area contributed by atoms with Crippen LogP contribution in [-0.2, 0) is 4.74 Å². The normalized spacial score (nSPS) is 15.4. The third-order valence-corrected chi connectivity index (χ3v) is 3.05. The molecule has 22 heavy (non-hydrogen) atoms. The Morgan fingerprint density at radius 2 is 2.00 bits per heavy atom. The van der Waals surface area contributed by atoms with E-state index in [4.69, 9.17) is 9.15 Å². The molecule has 0 saturated carbocycles. The molecule has 0 aromatic carbocycles. The molecule has 1 aliphatic rings. The Morgan fingerprint density at radius 3 is 2.64 bits per heavy atom. The van der Waals surface area contributed by atoms with Crippen molar-refractivity contribution in [2.45, 2.75) is 0 Å². The average molecular weight is 303 g/mol. The Kier molecular flexibility index (Phi) is 4.05. The third-order valence-electron chi connectivity index (χ3n) is 3.05. The van der Waals surface area contributed by atoms with Gasteiger partial charge in [0.2, 0.25) is 0 Å². The van der Waals surface area contributed by atoms with Crippen molar-refractivity contribution in [1.82, 2.24) is 14.9 Å². The summed E-state index contributed by atoms with van der Waals surface area (Å²) in [5.74, 6) is 0.182. The zero-order valence-corrected chi connectivity index (χ0v) is 11.6. The van der Waals surface area contributed by atoms with E-state index in [1.165, 1.54) is 24.5 Å². The molecule has 0 N–H and O–H groups in total. The predicted octanol–water partition coefficient (Wildman–Crippen LogP) is 1.64. The molecule has 114 valence electrons. The van der Waals surface area contributed by atoms with Crippen LogP contribution >= 0.6 is 0 Å². The third kappa shape index (κ3) is 3.26. The summed E-state index contributed by atoms with van der Waals surface area (Å²) in [5.41, 5.74) is 0.594. The molecule has 2 aromatic heterocycles. The van der Waals surface area contributed by atoms with Crippen LogP contribution in [0.1, 0.15) is 0 Å². The van der Waals surface area contributed by atoms with E-state index in [0.717, 1.165) is 13.1 Å². The fraction of sp³-hybridized carbons (Fsp3) is 0.308. The van der Waals surface area contributed by atoms with Crippen molar-refractivity contribution in [1.29, 1.82) is 0 Å². The van der Waals surface area contributed by atoms with Crippen LogP contribution in [0.2, 0.25) is 0 Å². The summed E-state index contributed by atoms with van der Waals surface area (Å²) in [6.45, 7) is 2.99. The number of hydrogen-bond acceptors (Lipinski definition) is 7. The molecule has 1 saturated heterocycles. The topological polar surface area (TPSA) is 107 Å². The Bertz CT molecular complexity index is 676. The number of furan rings is 1. The van der Waals surface area contributed by atoms with Gasteiger partial charge in [-0.15, -0.1) is 0 Å². The van der Waals surface area contributed by atoms with Crippen molar-refractivity contribution in [3.8, 4) is 11.6 Å². The fourth-order valence-electron chi connectivity index (χ4n) is 1.90. The molecule has 2 aromatic rings. The highest BCUT2D eigenvalue weighted by atomic mass is 16.6. The van der Waals surface area contributed by atoms with Crippen molar-refractivity contribution in [2.24, 2.45) is 4.99 Å². The van der Waals surface area contributed by atoms with Crippen LogP contribution < -0.4 is 0 Å². The Labute approximate surface area is 125 Å². The van der Waals surface area contributed by atoms with E-state index in [1.54, 1.807) is 6.34 Å². The van der Waals surface area contributed by atoms with Gasteiger partial charge in [-0.25, -0.2) is 15.0 Å². The second-order valence-corrected chi connectivity index (χ2v) is 4.55. The molecule has 0 amide bonds. The first kappa shape index (κ1) is 14.1. The van der Waals surface area contributed by atoms with Crippen molar-refractivity contribution in [2.75, 3.05) is 26.3 Å². The lowest BCUT2D eigenvalue weighted by atomic mass is 10.4. The van der Waals surface area contributed by atoms with Gasteiger partial charge in [-0.2, -0.15) is 0 Å². The Hall–Kier alpha value is -2.81. The molecule has 0 aliphatic carbocycles. The van der Waals surface area contributed by atoms with Crippen molar-refractivity contribution in [3.05, 3.63) is 34.6 Å². The largest absolute Gasteiger partial charge is 0.433 e. The van der Waals surface area contributed by atoms with Gasteiger partial charge in [0, 0.05) is 13.1 Å². The maximum atomic E-state index is 10.6. The number of morpholine rings is 1. The van der Waals surface area contributed by atoms with Gasteiger partial charge < -0.3 is 14.1 Å². The van der Waals surface area contributed by atoms with Gasteiger partial charge in [-0.3, -0.25) is 10.1 Å². The summed E-state index contributed by atoms with van der Waals surface area (Å²) in [5, 5.41) is 10.6. The van der Waals surface area contributed by atoms with Gasteiger partial charge in [-0.05, 0) is 6.07 Å². The molecule has 9 nitrogen and oxygen atoms in total. The van der Waals surface area contributed by atoms with Crippen molar-refractivity contribution in [3.63, 3.8) is 0 Å². The zero-order valence-electron chi connectivity index (χ0n) is 11.6. The predicted molar refractivity (Wildman–Crippen MR) is 76.9 cm³/mol. The molecule has 1 fully saturated rings. The van der Waals surface area contributed by atoms with E-state index >= 15 is 0 Å². The lowest BCUT2D eigenvalue weighted by molar-refractivity contribution is -0.401. The standard InChI is InChI=1S/C13H13N5O4/c19-18(20)12-2-1-11(22-12)13-14-7-10(8-15-13)16-9-17-3-5-21-6-4-17/h1-2,7-9H,3-6H2/b16-9+. The number of nitrogens with zero attached hydrogens (tertiary/aromatic N) is 5. The van der Waals surface area contributed by atoms with E-state index < -0.39 is 4.92 Å². The number of aliphatic imine (C=N–C) groups is 1. The van der Waals surface area contributed by atoms with E-state index in [9.17, 15) is 10.1 Å². The summed E-state index contributed by atoms with van der Waals surface area (Å²) in [6.07, 6.45) is 4.81. The fourth-order valence-corrected chi connectivity index (χ4v) is 1.90. The second kappa shape index (κ2) is 6.31. The maximum absolute atomic E-state index is 10.6. The van der Waals surface area contributed by atoms with Crippen LogP contribution in [0.4, 0.5) is 11.6 Å². The summed E-state index contributed by atoms with van der Waals surface area (Å²) in [7, 11) is 0. The van der Waals surface area contributed by atoms with Crippen LogP contribution in [0.25, 0.3) is 11.6 Å². The lowest BCUT2D eigenvalue weighted by Crippen LogP contribution is -2.34. The van der Waals surface area contributed by atoms with Gasteiger partial charge >= 0.3 is 5.88 Å². The van der Waals surface area contributed by atoms with Crippen molar-refractivity contribution >= 4 is 17.9 Å². The van der Waals surface area contributed by atoms with Crippen LogP contribution in [-0.4, -0.2) is 52.4 Å². The number of ether oxygens (including phenoxy) is 1. The first-order valence-electron chi connectivity index (χ1n) is 6.65. The van der Waals surface area contributed by atoms with Crippen LogP contribution in [0, 0.1) is 10.1 Å². The quantitative estimate of drug-likeness (QED) is 0.365. The second-order valence-electron chi connectivity index (χ2n) is 4.55. The summed E-state index contributed by atoms with van der Waals surface area (Å²) in [6, 6.07) is 2.73. The highest BCUT2D eigenvalue weighted by molar-refractivity contribution is 5.61. The SMILES string of the molecule is O=[N+]([O-])c1ccc(-c2ncc(/N=C/N3CCOCC3)cn2)o1. The first-order chi connectivity index (χ1) is 10.7. The molecule has 3 heterocycles. The van der Waals surface area contributed by atoms with Gasteiger partial charge in [0.1, 0.15) is 10.6 Å². The van der Waals surface area contributed by atoms with Crippen LogP contribution in [0.5, 0.6) is 0 Å². The highest BCUT2D eigenvalue weighted by Crippen LogP contribution is 2.23. The molecule has 0 radical (unpaired) electrons. The summed E-state index contributed by atoms with van der Waals surface area (Å²) >= 11 is 0. The Morgan fingerprint density at radius 1 is 1.27 bits per heavy atom. The van der Waals surface area contributed by atoms with Crippen molar-refractivity contribution < 1.29 is 14.1 Å². The molecular formula is C13H13N5O4. The average Bonchev–Trinajstić information content (AvgIpc) is 3.05.